The van der Waals surface area contributed by atoms with Gasteiger partial charge in [-0.25, -0.2) is 6.61 Å². The second kappa shape index (κ2) is 10.7. The van der Waals surface area contributed by atoms with Gasteiger partial charge >= 0.3 is 68.9 Å². The van der Waals surface area contributed by atoms with E-state index in [-0.39, 0.29) is 75.2 Å². The van der Waals surface area contributed by atoms with E-state index in [9.17, 15) is 0 Å². The van der Waals surface area contributed by atoms with E-state index < -0.39 is 0 Å². The fraction of sp³-hybridized carbons (Fsp3) is 0.611. The molecule has 2 heterocycles. The molecule has 6 heteroatoms. The first kappa shape index (κ1) is 20.9. The fourth-order valence-electron chi connectivity index (χ4n) is 2.81. The minimum atomic E-state index is -0.236. The van der Waals surface area contributed by atoms with Crippen LogP contribution in [-0.2, 0) is 9.47 Å². The van der Waals surface area contributed by atoms with Crippen LogP contribution in [0.25, 0.3) is 0 Å². The molecule has 3 rings (SSSR count). The van der Waals surface area contributed by atoms with Crippen molar-refractivity contribution in [2.24, 2.45) is 11.8 Å². The monoisotopic (exact) mass is 454 g/mol. The van der Waals surface area contributed by atoms with E-state index in [0.29, 0.717) is 24.2 Å². The van der Waals surface area contributed by atoms with Crippen molar-refractivity contribution < 1.29 is 92.6 Å². The van der Waals surface area contributed by atoms with Crippen LogP contribution in [0.2, 0.25) is 0 Å². The second-order valence-electron chi connectivity index (χ2n) is 6.24. The Balaban J connectivity index is 0.00000208. The van der Waals surface area contributed by atoms with E-state index in [1.54, 1.807) is 7.11 Å². The van der Waals surface area contributed by atoms with Crippen molar-refractivity contribution in [1.29, 1.82) is 0 Å². The third-order valence-electron chi connectivity index (χ3n) is 4.21. The van der Waals surface area contributed by atoms with Crippen LogP contribution in [0.3, 0.4) is 0 Å². The Kier molecular flexibility index (Phi) is 9.29. The number of rotatable bonds is 6. The predicted molar refractivity (Wildman–Crippen MR) is 85.6 cm³/mol. The van der Waals surface area contributed by atoms with E-state index in [2.05, 4.69) is 6.92 Å². The number of benzene rings is 1. The molecule has 2 aliphatic heterocycles. The van der Waals surface area contributed by atoms with Gasteiger partial charge in [-0.15, -0.1) is 5.92 Å². The molecule has 0 spiro atoms. The quantitative estimate of drug-likeness (QED) is 0.584. The van der Waals surface area contributed by atoms with E-state index in [1.807, 2.05) is 24.8 Å². The maximum Gasteiger partial charge on any atom is 1.00 e. The Morgan fingerprint density at radius 2 is 1.83 bits per heavy atom. The molecule has 5 nitrogen and oxygen atoms in total. The van der Waals surface area contributed by atoms with Gasteiger partial charge in [0, 0.05) is 31.4 Å². The van der Waals surface area contributed by atoms with Crippen LogP contribution in [0.15, 0.2) is 18.2 Å². The van der Waals surface area contributed by atoms with Crippen LogP contribution < -0.4 is 83.1 Å². The van der Waals surface area contributed by atoms with Crippen molar-refractivity contribution >= 4 is 0 Å². The fourth-order valence-corrected chi connectivity index (χ4v) is 2.81. The zero-order chi connectivity index (χ0) is 16.1. The van der Waals surface area contributed by atoms with Crippen molar-refractivity contribution in [2.45, 2.75) is 32.5 Å². The molecule has 1 unspecified atom stereocenters. The van der Waals surface area contributed by atoms with Crippen LogP contribution in [-0.4, -0.2) is 33.2 Å². The number of ether oxygens (including phenoxy) is 5. The molecular formula is C18H25CsO5. The van der Waals surface area contributed by atoms with Crippen LogP contribution in [0.5, 0.6) is 17.2 Å². The first-order chi connectivity index (χ1) is 11.2. The molecule has 0 aliphatic carbocycles. The zero-order valence-corrected chi connectivity index (χ0v) is 21.1. The summed E-state index contributed by atoms with van der Waals surface area (Å²) in [6, 6.07) is 5.64. The molecule has 0 amide bonds. The molecule has 2 atom stereocenters. The van der Waals surface area contributed by atoms with Crippen LogP contribution in [0.1, 0.15) is 26.2 Å². The molecule has 0 saturated carbocycles. The molecule has 24 heavy (non-hydrogen) atoms. The van der Waals surface area contributed by atoms with E-state index in [4.69, 9.17) is 23.7 Å². The smallest absolute Gasteiger partial charge is 0.520 e. The third-order valence-corrected chi connectivity index (χ3v) is 4.21. The standard InChI is InChI=1S/C18H25O5.Cs/c1-13-7-18(22-11-13)23-17-9-15(19-2)8-16(10-17)21-12-14-3-5-20-6-4-14;/h8-11,13-14,18H,3-7,12H2,1-2H3;/q-1;+1/t13-,18?;/m1./s1. The summed E-state index contributed by atoms with van der Waals surface area (Å²) >= 11 is 0. The zero-order valence-electron chi connectivity index (χ0n) is 14.8. The summed E-state index contributed by atoms with van der Waals surface area (Å²) in [6.45, 7) is 6.29. The van der Waals surface area contributed by atoms with Gasteiger partial charge < -0.3 is 23.7 Å². The number of hydrogen-bond donors (Lipinski definition) is 0. The van der Waals surface area contributed by atoms with Gasteiger partial charge in [-0.3, -0.25) is 0 Å². The minimum Gasteiger partial charge on any atom is -0.520 e. The Morgan fingerprint density at radius 3 is 2.50 bits per heavy atom. The average Bonchev–Trinajstić information content (AvgIpc) is 2.98. The summed E-state index contributed by atoms with van der Waals surface area (Å²) < 4.78 is 28.1. The van der Waals surface area contributed by atoms with Crippen molar-refractivity contribution in [3.8, 4) is 17.2 Å². The molecule has 1 aromatic carbocycles. The largest absolute Gasteiger partial charge is 1.00 e. The number of hydrogen-bond acceptors (Lipinski definition) is 5. The average molecular weight is 454 g/mol. The summed E-state index contributed by atoms with van der Waals surface area (Å²) in [6.07, 6.45) is 2.73. The second-order valence-corrected chi connectivity index (χ2v) is 6.24. The van der Waals surface area contributed by atoms with Crippen LogP contribution in [0, 0.1) is 18.4 Å². The summed E-state index contributed by atoms with van der Waals surface area (Å²) in [5.74, 6) is 3.15. The Labute approximate surface area is 203 Å². The molecule has 128 valence electrons. The first-order valence-corrected chi connectivity index (χ1v) is 8.28. The molecule has 2 aliphatic rings. The van der Waals surface area contributed by atoms with Gasteiger partial charge in [0.15, 0.2) is 6.29 Å². The molecule has 2 fully saturated rings. The third kappa shape index (κ3) is 6.39. The van der Waals surface area contributed by atoms with Crippen molar-refractivity contribution in [2.75, 3.05) is 26.9 Å². The van der Waals surface area contributed by atoms with Gasteiger partial charge in [0.1, 0.15) is 17.2 Å². The van der Waals surface area contributed by atoms with Gasteiger partial charge in [0.2, 0.25) is 0 Å². The van der Waals surface area contributed by atoms with Gasteiger partial charge in [-0.1, -0.05) is 6.92 Å². The molecule has 2 saturated heterocycles. The topological polar surface area (TPSA) is 46.2 Å². The predicted octanol–water partition coefficient (Wildman–Crippen LogP) is 0.428. The first-order valence-electron chi connectivity index (χ1n) is 8.28. The maximum absolute atomic E-state index is 5.95. The summed E-state index contributed by atoms with van der Waals surface area (Å²) in [5.41, 5.74) is 0. The van der Waals surface area contributed by atoms with Crippen LogP contribution in [0.4, 0.5) is 0 Å². The molecular weight excluding hydrogens is 429 g/mol. The van der Waals surface area contributed by atoms with E-state index in [1.165, 1.54) is 0 Å². The normalized spacial score (nSPS) is 24.2. The van der Waals surface area contributed by atoms with Gasteiger partial charge in [0.25, 0.3) is 0 Å². The van der Waals surface area contributed by atoms with Crippen molar-refractivity contribution in [3.63, 3.8) is 0 Å². The molecule has 0 aromatic heterocycles. The Morgan fingerprint density at radius 1 is 1.12 bits per heavy atom. The molecule has 1 aromatic rings. The van der Waals surface area contributed by atoms with Crippen LogP contribution >= 0.6 is 0 Å². The van der Waals surface area contributed by atoms with Crippen molar-refractivity contribution in [3.05, 3.63) is 24.8 Å². The Hall–Kier alpha value is 0.592. The molecule has 0 bridgehead atoms. The van der Waals surface area contributed by atoms with E-state index >= 15 is 0 Å². The molecule has 0 radical (unpaired) electrons. The maximum atomic E-state index is 5.95. The van der Waals surface area contributed by atoms with Crippen molar-refractivity contribution in [1.82, 2.24) is 0 Å². The van der Waals surface area contributed by atoms with Gasteiger partial charge in [-0.2, -0.15) is 0 Å². The molecule has 0 N–H and O–H groups in total. The minimum absolute atomic E-state index is 0. The van der Waals surface area contributed by atoms with Gasteiger partial charge in [0.05, 0.1) is 13.7 Å². The van der Waals surface area contributed by atoms with Gasteiger partial charge in [-0.05, 0) is 25.2 Å². The Bertz CT molecular complexity index is 504. The summed E-state index contributed by atoms with van der Waals surface area (Å²) in [4.78, 5) is 0. The van der Waals surface area contributed by atoms with E-state index in [0.717, 1.165) is 44.0 Å². The summed E-state index contributed by atoms with van der Waals surface area (Å²) in [7, 11) is 1.64. The SMILES string of the molecule is COc1cc(OCC2CCOCC2)cc(OC2C[C@@H](C)[CH-]O2)c1.[Cs+]. The summed E-state index contributed by atoms with van der Waals surface area (Å²) in [5, 5.41) is 0. The number of methoxy groups -OCH3 is 1.